The SMILES string of the molecule is CS(=O)Cc1cccc(C(=O)N2CCC[C@H](C(=O)O)C2)c1. The van der Waals surface area contributed by atoms with E-state index in [0.717, 1.165) is 5.56 Å². The van der Waals surface area contributed by atoms with Crippen molar-refractivity contribution in [3.05, 3.63) is 35.4 Å². The standard InChI is InChI=1S/C15H19NO4S/c1-21(20)10-11-4-2-5-12(8-11)14(17)16-7-3-6-13(9-16)15(18)19/h2,4-5,8,13H,3,6-7,9-10H2,1H3,(H,18,19)/t13-,21?/m0/s1. The van der Waals surface area contributed by atoms with Crippen LogP contribution in [0.2, 0.25) is 0 Å². The topological polar surface area (TPSA) is 74.7 Å². The number of carbonyl (C=O) groups excluding carboxylic acids is 1. The first-order chi connectivity index (χ1) is 9.97. The lowest BCUT2D eigenvalue weighted by molar-refractivity contribution is -0.143. The summed E-state index contributed by atoms with van der Waals surface area (Å²) in [6.07, 6.45) is 2.95. The third kappa shape index (κ3) is 4.14. The summed E-state index contributed by atoms with van der Waals surface area (Å²) in [6.45, 7) is 0.852. The molecular weight excluding hydrogens is 290 g/mol. The van der Waals surface area contributed by atoms with Crippen molar-refractivity contribution in [2.45, 2.75) is 18.6 Å². The molecule has 1 saturated heterocycles. The van der Waals surface area contributed by atoms with Crippen LogP contribution in [0.4, 0.5) is 0 Å². The smallest absolute Gasteiger partial charge is 0.308 e. The van der Waals surface area contributed by atoms with Gasteiger partial charge in [0.25, 0.3) is 5.91 Å². The quantitative estimate of drug-likeness (QED) is 0.914. The zero-order valence-corrected chi connectivity index (χ0v) is 12.8. The van der Waals surface area contributed by atoms with E-state index in [1.807, 2.05) is 6.07 Å². The summed E-state index contributed by atoms with van der Waals surface area (Å²) in [5.41, 5.74) is 1.39. The fourth-order valence-electron chi connectivity index (χ4n) is 2.57. The number of aliphatic carboxylic acids is 1. The molecule has 1 heterocycles. The molecule has 0 aliphatic carbocycles. The molecule has 114 valence electrons. The summed E-state index contributed by atoms with van der Waals surface area (Å²) >= 11 is 0. The van der Waals surface area contributed by atoms with E-state index in [1.165, 1.54) is 0 Å². The second kappa shape index (κ2) is 6.85. The third-order valence-electron chi connectivity index (χ3n) is 3.60. The van der Waals surface area contributed by atoms with Crippen LogP contribution in [0.1, 0.15) is 28.8 Å². The highest BCUT2D eigenvalue weighted by atomic mass is 32.2. The molecule has 1 aliphatic rings. The largest absolute Gasteiger partial charge is 0.481 e. The molecule has 0 spiro atoms. The zero-order valence-electron chi connectivity index (χ0n) is 11.9. The molecule has 6 heteroatoms. The van der Waals surface area contributed by atoms with Crippen molar-refractivity contribution in [2.75, 3.05) is 19.3 Å². The second-order valence-corrected chi connectivity index (χ2v) is 6.78. The Morgan fingerprint density at radius 3 is 2.86 bits per heavy atom. The average molecular weight is 309 g/mol. The summed E-state index contributed by atoms with van der Waals surface area (Å²) in [6, 6.07) is 7.07. The number of carboxylic acids is 1. The molecule has 5 nitrogen and oxygen atoms in total. The number of hydrogen-bond acceptors (Lipinski definition) is 3. The van der Waals surface area contributed by atoms with Gasteiger partial charge in [0.2, 0.25) is 0 Å². The molecular formula is C15H19NO4S. The van der Waals surface area contributed by atoms with Crippen LogP contribution < -0.4 is 0 Å². The minimum atomic E-state index is -0.957. The minimum Gasteiger partial charge on any atom is -0.481 e. The van der Waals surface area contributed by atoms with E-state index in [2.05, 4.69) is 0 Å². The van der Waals surface area contributed by atoms with E-state index >= 15 is 0 Å². The highest BCUT2D eigenvalue weighted by molar-refractivity contribution is 7.83. The lowest BCUT2D eigenvalue weighted by atomic mass is 9.97. The molecule has 1 aromatic rings. The van der Waals surface area contributed by atoms with Gasteiger partial charge in [0.15, 0.2) is 0 Å². The highest BCUT2D eigenvalue weighted by Crippen LogP contribution is 2.19. The summed E-state index contributed by atoms with van der Waals surface area (Å²) in [7, 11) is -0.957. The van der Waals surface area contributed by atoms with Gasteiger partial charge in [0.05, 0.1) is 5.92 Å². The summed E-state index contributed by atoms with van der Waals surface area (Å²) in [5.74, 6) is -1.06. The lowest BCUT2D eigenvalue weighted by Gasteiger charge is -2.30. The van der Waals surface area contributed by atoms with Crippen molar-refractivity contribution < 1.29 is 18.9 Å². The van der Waals surface area contributed by atoms with E-state index in [-0.39, 0.29) is 12.5 Å². The Labute approximate surface area is 126 Å². The van der Waals surface area contributed by atoms with Crippen LogP contribution in [0.15, 0.2) is 24.3 Å². The molecule has 0 radical (unpaired) electrons. The predicted octanol–water partition coefficient (Wildman–Crippen LogP) is 1.50. The Kier molecular flexibility index (Phi) is 5.12. The molecule has 21 heavy (non-hydrogen) atoms. The second-order valence-electron chi connectivity index (χ2n) is 5.35. The van der Waals surface area contributed by atoms with Crippen molar-refractivity contribution in [1.29, 1.82) is 0 Å². The van der Waals surface area contributed by atoms with Crippen LogP contribution in [0, 0.1) is 5.92 Å². The number of amides is 1. The molecule has 0 bridgehead atoms. The normalized spacial score (nSPS) is 20.0. The molecule has 1 amide bonds. The van der Waals surface area contributed by atoms with E-state index in [1.54, 1.807) is 29.4 Å². The maximum Gasteiger partial charge on any atom is 0.308 e. The Morgan fingerprint density at radius 2 is 2.19 bits per heavy atom. The van der Waals surface area contributed by atoms with E-state index in [4.69, 9.17) is 5.11 Å². The molecule has 1 aromatic carbocycles. The van der Waals surface area contributed by atoms with Crippen molar-refractivity contribution in [2.24, 2.45) is 5.92 Å². The van der Waals surface area contributed by atoms with E-state index < -0.39 is 22.7 Å². The Balaban J connectivity index is 2.12. The molecule has 1 fully saturated rings. The number of piperidine rings is 1. The van der Waals surface area contributed by atoms with Gasteiger partial charge in [0.1, 0.15) is 0 Å². The number of benzene rings is 1. The van der Waals surface area contributed by atoms with E-state index in [9.17, 15) is 13.8 Å². The Morgan fingerprint density at radius 1 is 1.43 bits per heavy atom. The summed E-state index contributed by atoms with van der Waals surface area (Å²) in [4.78, 5) is 25.1. The van der Waals surface area contributed by atoms with Crippen molar-refractivity contribution >= 4 is 22.7 Å². The Hall–Kier alpha value is -1.69. The number of likely N-dealkylation sites (tertiary alicyclic amines) is 1. The van der Waals surface area contributed by atoms with Gasteiger partial charge in [-0.25, -0.2) is 0 Å². The molecule has 0 saturated carbocycles. The molecule has 1 unspecified atom stereocenters. The van der Waals surface area contributed by atoms with Crippen LogP contribution in [0.5, 0.6) is 0 Å². The maximum atomic E-state index is 12.5. The van der Waals surface area contributed by atoms with Gasteiger partial charge in [-0.1, -0.05) is 12.1 Å². The molecule has 0 aromatic heterocycles. The average Bonchev–Trinajstić information content (AvgIpc) is 2.46. The van der Waals surface area contributed by atoms with Gasteiger partial charge >= 0.3 is 5.97 Å². The zero-order chi connectivity index (χ0) is 15.4. The first-order valence-corrected chi connectivity index (χ1v) is 8.61. The van der Waals surface area contributed by atoms with Crippen molar-refractivity contribution in [3.63, 3.8) is 0 Å². The molecule has 2 rings (SSSR count). The number of rotatable bonds is 4. The maximum absolute atomic E-state index is 12.5. The summed E-state index contributed by atoms with van der Waals surface area (Å²) < 4.78 is 11.3. The number of hydrogen-bond donors (Lipinski definition) is 1. The highest BCUT2D eigenvalue weighted by Gasteiger charge is 2.28. The van der Waals surface area contributed by atoms with Gasteiger partial charge in [-0.2, -0.15) is 0 Å². The number of carboxylic acid groups (broad SMARTS) is 1. The predicted molar refractivity (Wildman–Crippen MR) is 80.5 cm³/mol. The lowest BCUT2D eigenvalue weighted by Crippen LogP contribution is -2.42. The first-order valence-electron chi connectivity index (χ1n) is 6.88. The number of nitrogens with zero attached hydrogens (tertiary/aromatic N) is 1. The van der Waals surface area contributed by atoms with Crippen LogP contribution in [0.3, 0.4) is 0 Å². The van der Waals surface area contributed by atoms with Gasteiger partial charge in [-0.05, 0) is 30.5 Å². The molecule has 1 N–H and O–H groups in total. The molecule has 1 aliphatic heterocycles. The van der Waals surface area contributed by atoms with Crippen LogP contribution in [0.25, 0.3) is 0 Å². The monoisotopic (exact) mass is 309 g/mol. The summed E-state index contributed by atoms with van der Waals surface area (Å²) in [5, 5.41) is 9.08. The van der Waals surface area contributed by atoms with Crippen molar-refractivity contribution in [3.8, 4) is 0 Å². The number of carbonyl (C=O) groups is 2. The van der Waals surface area contributed by atoms with Crippen LogP contribution in [-0.2, 0) is 21.3 Å². The van der Waals surface area contributed by atoms with Crippen molar-refractivity contribution in [1.82, 2.24) is 4.90 Å². The fourth-order valence-corrected chi connectivity index (χ4v) is 3.22. The Bertz CT molecular complexity index is 573. The van der Waals surface area contributed by atoms with Gasteiger partial charge in [-0.15, -0.1) is 0 Å². The third-order valence-corrected chi connectivity index (χ3v) is 4.34. The minimum absolute atomic E-state index is 0.148. The molecule has 2 atom stereocenters. The van der Waals surface area contributed by atoms with Crippen LogP contribution in [-0.4, -0.2) is 45.4 Å². The fraction of sp³-hybridized carbons (Fsp3) is 0.467. The van der Waals surface area contributed by atoms with Crippen LogP contribution >= 0.6 is 0 Å². The van der Waals surface area contributed by atoms with Gasteiger partial charge < -0.3 is 10.0 Å². The first kappa shape index (κ1) is 15.7. The van der Waals surface area contributed by atoms with Gasteiger partial charge in [-0.3, -0.25) is 13.8 Å². The van der Waals surface area contributed by atoms with E-state index in [0.29, 0.717) is 30.7 Å². The van der Waals surface area contributed by atoms with Gasteiger partial charge in [0, 0.05) is 41.5 Å².